The van der Waals surface area contributed by atoms with Crippen LogP contribution in [0.4, 0.5) is 0 Å². The molecule has 8 heteroatoms. The predicted octanol–water partition coefficient (Wildman–Crippen LogP) is 1.43. The lowest BCUT2D eigenvalue weighted by molar-refractivity contribution is -0.138. The van der Waals surface area contributed by atoms with Crippen LogP contribution in [0.2, 0.25) is 0 Å². The number of carbonyl (C=O) groups excluding carboxylic acids is 2. The predicted molar refractivity (Wildman–Crippen MR) is 107 cm³/mol. The van der Waals surface area contributed by atoms with Crippen LogP contribution in [-0.2, 0) is 16.6 Å². The lowest BCUT2D eigenvalue weighted by Gasteiger charge is -2.29. The highest BCUT2D eigenvalue weighted by Gasteiger charge is 2.37. The Morgan fingerprint density at radius 3 is 2.67 bits per heavy atom. The van der Waals surface area contributed by atoms with E-state index < -0.39 is 5.91 Å². The van der Waals surface area contributed by atoms with Gasteiger partial charge in [0, 0.05) is 38.8 Å². The number of aryl methyl sites for hydroxylation is 1. The summed E-state index contributed by atoms with van der Waals surface area (Å²) < 4.78 is 1.76. The Morgan fingerprint density at radius 1 is 1.30 bits per heavy atom. The highest BCUT2D eigenvalue weighted by molar-refractivity contribution is 5.86. The maximum atomic E-state index is 13.2. The van der Waals surface area contributed by atoms with E-state index in [2.05, 4.69) is 10.4 Å². The van der Waals surface area contributed by atoms with Gasteiger partial charge in [-0.05, 0) is 17.9 Å². The Balaban J connectivity index is 0.00000261. The van der Waals surface area contributed by atoms with E-state index in [4.69, 9.17) is 5.73 Å². The summed E-state index contributed by atoms with van der Waals surface area (Å²) in [7, 11) is 1.88. The van der Waals surface area contributed by atoms with E-state index in [0.717, 1.165) is 18.5 Å². The van der Waals surface area contributed by atoms with Crippen molar-refractivity contribution in [2.75, 3.05) is 26.2 Å². The van der Waals surface area contributed by atoms with Gasteiger partial charge in [-0.25, -0.2) is 0 Å². The van der Waals surface area contributed by atoms with E-state index in [0.29, 0.717) is 19.0 Å². The van der Waals surface area contributed by atoms with Crippen molar-refractivity contribution in [1.82, 2.24) is 20.0 Å². The average molecular weight is 398 g/mol. The second kappa shape index (κ2) is 10.1. The van der Waals surface area contributed by atoms with Crippen molar-refractivity contribution >= 4 is 24.2 Å². The minimum absolute atomic E-state index is 0. The molecule has 0 aromatic carbocycles. The fourth-order valence-electron chi connectivity index (χ4n) is 4.42. The Hall–Kier alpha value is -1.60. The lowest BCUT2D eigenvalue weighted by atomic mass is 9.86. The average Bonchev–Trinajstić information content (AvgIpc) is 3.27. The number of amides is 2. The van der Waals surface area contributed by atoms with Gasteiger partial charge >= 0.3 is 0 Å². The van der Waals surface area contributed by atoms with Gasteiger partial charge in [0.05, 0.1) is 18.7 Å². The standard InChI is InChI=1S/C19H31N5O2.ClH/c1-23-12-15(9-22-23)16-10-21-11-17(16)19(26)24(13-18(20)25)8-7-14-5-3-2-4-6-14;/h9,12,14,16-17,21H,2-8,10-11,13H2,1H3,(H2,20,25);1H/t16-,17+;/m1./s1. The summed E-state index contributed by atoms with van der Waals surface area (Å²) in [6.45, 7) is 2.04. The van der Waals surface area contributed by atoms with E-state index in [1.54, 1.807) is 9.58 Å². The maximum absolute atomic E-state index is 13.2. The molecule has 1 aliphatic carbocycles. The number of primary amides is 1. The van der Waals surface area contributed by atoms with Gasteiger partial charge in [0.25, 0.3) is 0 Å². The Labute approximate surface area is 167 Å². The number of aromatic nitrogens is 2. The van der Waals surface area contributed by atoms with Gasteiger partial charge < -0.3 is 16.0 Å². The largest absolute Gasteiger partial charge is 0.368 e. The minimum atomic E-state index is -0.439. The first-order valence-electron chi connectivity index (χ1n) is 9.81. The Bertz CT molecular complexity index is 629. The summed E-state index contributed by atoms with van der Waals surface area (Å²) in [5.74, 6) is 0.207. The van der Waals surface area contributed by atoms with Crippen LogP contribution in [0.1, 0.15) is 50.0 Å². The molecule has 27 heavy (non-hydrogen) atoms. The number of rotatable bonds is 7. The van der Waals surface area contributed by atoms with Gasteiger partial charge in [0.2, 0.25) is 11.8 Å². The molecule has 2 fully saturated rings. The van der Waals surface area contributed by atoms with Gasteiger partial charge in [0.15, 0.2) is 0 Å². The zero-order valence-electron chi connectivity index (χ0n) is 16.1. The molecule has 2 heterocycles. The lowest BCUT2D eigenvalue weighted by Crippen LogP contribution is -2.44. The monoisotopic (exact) mass is 397 g/mol. The van der Waals surface area contributed by atoms with Crippen molar-refractivity contribution in [3.63, 3.8) is 0 Å². The fraction of sp³-hybridized carbons (Fsp3) is 0.737. The molecular weight excluding hydrogens is 366 g/mol. The molecule has 152 valence electrons. The molecule has 3 rings (SSSR count). The first-order valence-corrected chi connectivity index (χ1v) is 9.81. The third-order valence-electron chi connectivity index (χ3n) is 5.87. The van der Waals surface area contributed by atoms with Gasteiger partial charge in [-0.1, -0.05) is 32.1 Å². The smallest absolute Gasteiger partial charge is 0.237 e. The molecule has 2 amide bonds. The Morgan fingerprint density at radius 2 is 2.04 bits per heavy atom. The van der Waals surface area contributed by atoms with Crippen LogP contribution in [-0.4, -0.2) is 52.7 Å². The molecule has 7 nitrogen and oxygen atoms in total. The van der Waals surface area contributed by atoms with Gasteiger partial charge in [0.1, 0.15) is 0 Å². The van der Waals surface area contributed by atoms with Crippen molar-refractivity contribution in [3.8, 4) is 0 Å². The van der Waals surface area contributed by atoms with Crippen molar-refractivity contribution in [2.45, 2.75) is 44.4 Å². The van der Waals surface area contributed by atoms with Crippen LogP contribution in [0.3, 0.4) is 0 Å². The molecule has 1 aromatic heterocycles. The number of carbonyl (C=O) groups is 2. The van der Waals surface area contributed by atoms with E-state index in [9.17, 15) is 9.59 Å². The topological polar surface area (TPSA) is 93.3 Å². The van der Waals surface area contributed by atoms with Crippen molar-refractivity contribution in [1.29, 1.82) is 0 Å². The summed E-state index contributed by atoms with van der Waals surface area (Å²) in [6.07, 6.45) is 11.1. The second-order valence-electron chi connectivity index (χ2n) is 7.84. The highest BCUT2D eigenvalue weighted by Crippen LogP contribution is 2.30. The van der Waals surface area contributed by atoms with Crippen LogP contribution >= 0.6 is 12.4 Å². The zero-order valence-corrected chi connectivity index (χ0v) is 16.9. The summed E-state index contributed by atoms with van der Waals surface area (Å²) in [4.78, 5) is 26.4. The Kier molecular flexibility index (Phi) is 8.10. The highest BCUT2D eigenvalue weighted by atomic mass is 35.5. The van der Waals surface area contributed by atoms with Gasteiger partial charge in [-0.2, -0.15) is 5.10 Å². The second-order valence-corrected chi connectivity index (χ2v) is 7.84. The summed E-state index contributed by atoms with van der Waals surface area (Å²) in [5.41, 5.74) is 6.50. The van der Waals surface area contributed by atoms with E-state index in [1.807, 2.05) is 19.4 Å². The first kappa shape index (κ1) is 21.7. The number of nitrogens with one attached hydrogen (secondary N) is 1. The number of hydrogen-bond donors (Lipinski definition) is 2. The van der Waals surface area contributed by atoms with E-state index in [-0.39, 0.29) is 36.7 Å². The van der Waals surface area contributed by atoms with Gasteiger partial charge in [-0.15, -0.1) is 12.4 Å². The molecule has 0 spiro atoms. The number of nitrogens with two attached hydrogens (primary N) is 1. The van der Waals surface area contributed by atoms with E-state index in [1.165, 1.54) is 32.1 Å². The SMILES string of the molecule is Cl.Cn1cc([C@H]2CNC[C@@H]2C(=O)N(CCC2CCCCC2)CC(N)=O)cn1. The number of nitrogens with zero attached hydrogens (tertiary/aromatic N) is 3. The fourth-order valence-corrected chi connectivity index (χ4v) is 4.42. The molecule has 1 saturated carbocycles. The molecule has 2 aliphatic rings. The van der Waals surface area contributed by atoms with Crippen LogP contribution in [0.25, 0.3) is 0 Å². The summed E-state index contributed by atoms with van der Waals surface area (Å²) >= 11 is 0. The van der Waals surface area contributed by atoms with Crippen molar-refractivity contribution in [3.05, 3.63) is 18.0 Å². The number of hydrogen-bond acceptors (Lipinski definition) is 4. The first-order chi connectivity index (χ1) is 12.5. The zero-order chi connectivity index (χ0) is 18.5. The molecule has 0 radical (unpaired) electrons. The summed E-state index contributed by atoms with van der Waals surface area (Å²) in [6, 6.07) is 0. The third kappa shape index (κ3) is 5.69. The minimum Gasteiger partial charge on any atom is -0.368 e. The quantitative estimate of drug-likeness (QED) is 0.727. The van der Waals surface area contributed by atoms with Crippen LogP contribution in [0.5, 0.6) is 0 Å². The summed E-state index contributed by atoms with van der Waals surface area (Å²) in [5, 5.41) is 7.56. The van der Waals surface area contributed by atoms with Crippen LogP contribution < -0.4 is 11.1 Å². The molecule has 1 saturated heterocycles. The van der Waals surface area contributed by atoms with E-state index >= 15 is 0 Å². The molecular formula is C19H32ClN5O2. The van der Waals surface area contributed by atoms with Crippen LogP contribution in [0.15, 0.2) is 12.4 Å². The number of halogens is 1. The van der Waals surface area contributed by atoms with Crippen LogP contribution in [0, 0.1) is 11.8 Å². The van der Waals surface area contributed by atoms with Gasteiger partial charge in [-0.3, -0.25) is 14.3 Å². The molecule has 0 bridgehead atoms. The van der Waals surface area contributed by atoms with Crippen molar-refractivity contribution in [2.24, 2.45) is 24.6 Å². The maximum Gasteiger partial charge on any atom is 0.237 e. The molecule has 3 N–H and O–H groups in total. The molecule has 2 atom stereocenters. The molecule has 1 aliphatic heterocycles. The third-order valence-corrected chi connectivity index (χ3v) is 5.87. The molecule has 0 unspecified atom stereocenters. The molecule has 1 aromatic rings. The normalized spacial score (nSPS) is 23.0. The van der Waals surface area contributed by atoms with Crippen molar-refractivity contribution < 1.29 is 9.59 Å².